The second kappa shape index (κ2) is 5.25. The Bertz CT molecular complexity index is 716. The van der Waals surface area contributed by atoms with Crippen LogP contribution in [0.25, 0.3) is 10.9 Å². The van der Waals surface area contributed by atoms with Crippen molar-refractivity contribution in [1.29, 1.82) is 0 Å². The minimum Gasteiger partial charge on any atom is -0.381 e. The molecule has 0 amide bonds. The van der Waals surface area contributed by atoms with Crippen LogP contribution in [0.3, 0.4) is 0 Å². The van der Waals surface area contributed by atoms with Crippen LogP contribution in [-0.4, -0.2) is 4.98 Å². The van der Waals surface area contributed by atoms with Gasteiger partial charge in [0.15, 0.2) is 0 Å². The SMILES string of the molecule is Cc1ccc(NCc2cccc3cc[nH]c23)cc1I. The Hall–Kier alpha value is -1.49. The Morgan fingerprint density at radius 1 is 1.16 bits per heavy atom. The number of hydrogen-bond acceptors (Lipinski definition) is 1. The highest BCUT2D eigenvalue weighted by Gasteiger charge is 2.02. The topological polar surface area (TPSA) is 27.8 Å². The summed E-state index contributed by atoms with van der Waals surface area (Å²) in [4.78, 5) is 3.30. The number of aromatic amines is 1. The van der Waals surface area contributed by atoms with Crippen LogP contribution in [0, 0.1) is 10.5 Å². The third-order valence-electron chi connectivity index (χ3n) is 3.33. The van der Waals surface area contributed by atoms with Gasteiger partial charge in [0.25, 0.3) is 0 Å². The average Bonchev–Trinajstić information content (AvgIpc) is 2.89. The number of aromatic nitrogens is 1. The number of halogens is 1. The standard InChI is InChI=1S/C16H15IN2/c1-11-5-6-14(9-15(11)17)19-10-13-4-2-3-12-7-8-18-16(12)13/h2-9,18-19H,10H2,1H3. The number of H-pyrrole nitrogens is 1. The monoisotopic (exact) mass is 362 g/mol. The first kappa shape index (κ1) is 12.5. The molecule has 0 atom stereocenters. The van der Waals surface area contributed by atoms with E-state index in [9.17, 15) is 0 Å². The smallest absolute Gasteiger partial charge is 0.0504 e. The molecule has 2 aromatic carbocycles. The molecular weight excluding hydrogens is 347 g/mol. The summed E-state index contributed by atoms with van der Waals surface area (Å²) in [6, 6.07) is 15.0. The first-order valence-electron chi connectivity index (χ1n) is 6.29. The van der Waals surface area contributed by atoms with Crippen LogP contribution in [0.1, 0.15) is 11.1 Å². The molecule has 0 aliphatic heterocycles. The molecule has 0 fully saturated rings. The van der Waals surface area contributed by atoms with E-state index in [1.807, 2.05) is 6.20 Å². The number of para-hydroxylation sites is 1. The van der Waals surface area contributed by atoms with Crippen molar-refractivity contribution in [1.82, 2.24) is 4.98 Å². The molecule has 19 heavy (non-hydrogen) atoms. The molecule has 96 valence electrons. The Morgan fingerprint density at radius 2 is 2.05 bits per heavy atom. The van der Waals surface area contributed by atoms with Gasteiger partial charge in [-0.25, -0.2) is 0 Å². The van der Waals surface area contributed by atoms with Gasteiger partial charge in [0.05, 0.1) is 5.52 Å². The molecule has 1 aromatic heterocycles. The van der Waals surface area contributed by atoms with Gasteiger partial charge in [-0.2, -0.15) is 0 Å². The lowest BCUT2D eigenvalue weighted by Gasteiger charge is -2.09. The van der Waals surface area contributed by atoms with Crippen molar-refractivity contribution >= 4 is 39.2 Å². The highest BCUT2D eigenvalue weighted by Crippen LogP contribution is 2.20. The van der Waals surface area contributed by atoms with E-state index in [0.717, 1.165) is 6.54 Å². The highest BCUT2D eigenvalue weighted by atomic mass is 127. The van der Waals surface area contributed by atoms with Crippen molar-refractivity contribution in [3.63, 3.8) is 0 Å². The largest absolute Gasteiger partial charge is 0.381 e. The zero-order valence-electron chi connectivity index (χ0n) is 10.7. The first-order chi connectivity index (χ1) is 9.24. The van der Waals surface area contributed by atoms with Gasteiger partial charge in [-0.1, -0.05) is 24.3 Å². The van der Waals surface area contributed by atoms with Crippen molar-refractivity contribution in [2.45, 2.75) is 13.5 Å². The molecule has 2 nitrogen and oxygen atoms in total. The average molecular weight is 362 g/mol. The lowest BCUT2D eigenvalue weighted by molar-refractivity contribution is 1.15. The van der Waals surface area contributed by atoms with Crippen molar-refractivity contribution in [2.75, 3.05) is 5.32 Å². The minimum atomic E-state index is 0.830. The second-order valence-corrected chi connectivity index (χ2v) is 5.84. The van der Waals surface area contributed by atoms with Crippen LogP contribution in [0.5, 0.6) is 0 Å². The van der Waals surface area contributed by atoms with E-state index in [4.69, 9.17) is 0 Å². The second-order valence-electron chi connectivity index (χ2n) is 4.68. The molecule has 0 saturated heterocycles. The summed E-state index contributed by atoms with van der Waals surface area (Å²) in [6.07, 6.45) is 1.99. The maximum absolute atomic E-state index is 3.49. The quantitative estimate of drug-likeness (QED) is 0.650. The molecule has 1 heterocycles. The number of aryl methyl sites for hydroxylation is 1. The highest BCUT2D eigenvalue weighted by molar-refractivity contribution is 14.1. The molecule has 0 aliphatic rings. The Labute approximate surface area is 126 Å². The number of benzene rings is 2. The summed E-state index contributed by atoms with van der Waals surface area (Å²) < 4.78 is 1.29. The van der Waals surface area contributed by atoms with Crippen LogP contribution < -0.4 is 5.32 Å². The fourth-order valence-corrected chi connectivity index (χ4v) is 2.71. The summed E-state index contributed by atoms with van der Waals surface area (Å²) >= 11 is 2.37. The number of hydrogen-bond donors (Lipinski definition) is 2. The van der Waals surface area contributed by atoms with E-state index in [1.54, 1.807) is 0 Å². The van der Waals surface area contributed by atoms with Gasteiger partial charge >= 0.3 is 0 Å². The first-order valence-corrected chi connectivity index (χ1v) is 7.37. The van der Waals surface area contributed by atoms with E-state index < -0.39 is 0 Å². The fraction of sp³-hybridized carbons (Fsp3) is 0.125. The molecule has 2 N–H and O–H groups in total. The van der Waals surface area contributed by atoms with Crippen LogP contribution in [0.2, 0.25) is 0 Å². The van der Waals surface area contributed by atoms with Gasteiger partial charge < -0.3 is 10.3 Å². The Morgan fingerprint density at radius 3 is 2.89 bits per heavy atom. The van der Waals surface area contributed by atoms with Crippen molar-refractivity contribution in [3.8, 4) is 0 Å². The Balaban J connectivity index is 1.82. The summed E-state index contributed by atoms with van der Waals surface area (Å²) in [6.45, 7) is 2.96. The normalized spacial score (nSPS) is 10.8. The Kier molecular flexibility index (Phi) is 3.46. The van der Waals surface area contributed by atoms with Gasteiger partial charge in [-0.05, 0) is 64.2 Å². The number of anilines is 1. The lowest BCUT2D eigenvalue weighted by atomic mass is 10.1. The van der Waals surface area contributed by atoms with Crippen LogP contribution >= 0.6 is 22.6 Å². The maximum Gasteiger partial charge on any atom is 0.0504 e. The molecule has 0 unspecified atom stereocenters. The van der Waals surface area contributed by atoms with Crippen LogP contribution in [-0.2, 0) is 6.54 Å². The fourth-order valence-electron chi connectivity index (χ4n) is 2.20. The summed E-state index contributed by atoms with van der Waals surface area (Å²) in [5, 5.41) is 4.75. The molecule has 0 bridgehead atoms. The van der Waals surface area contributed by atoms with Crippen molar-refractivity contribution in [3.05, 3.63) is 63.4 Å². The molecule has 0 aliphatic carbocycles. The maximum atomic E-state index is 3.49. The summed E-state index contributed by atoms with van der Waals surface area (Å²) in [7, 11) is 0. The van der Waals surface area contributed by atoms with E-state index in [2.05, 4.69) is 82.3 Å². The predicted molar refractivity (Wildman–Crippen MR) is 89.5 cm³/mol. The van der Waals surface area contributed by atoms with Gasteiger partial charge in [0.2, 0.25) is 0 Å². The van der Waals surface area contributed by atoms with Crippen molar-refractivity contribution < 1.29 is 0 Å². The summed E-state index contributed by atoms with van der Waals surface area (Å²) in [5.41, 5.74) is 4.99. The van der Waals surface area contributed by atoms with Crippen molar-refractivity contribution in [2.24, 2.45) is 0 Å². The molecule has 0 spiro atoms. The third-order valence-corrected chi connectivity index (χ3v) is 4.49. The van der Waals surface area contributed by atoms with Gasteiger partial charge in [0, 0.05) is 22.0 Å². The van der Waals surface area contributed by atoms with Gasteiger partial charge in [0.1, 0.15) is 0 Å². The van der Waals surface area contributed by atoms with Gasteiger partial charge in [-0.15, -0.1) is 0 Å². The molecule has 3 heteroatoms. The van der Waals surface area contributed by atoms with E-state index in [-0.39, 0.29) is 0 Å². The molecule has 3 rings (SSSR count). The zero-order chi connectivity index (χ0) is 13.2. The van der Waals surface area contributed by atoms with E-state index >= 15 is 0 Å². The summed E-state index contributed by atoms with van der Waals surface area (Å²) in [5.74, 6) is 0. The third kappa shape index (κ3) is 2.61. The van der Waals surface area contributed by atoms with Crippen LogP contribution in [0.4, 0.5) is 5.69 Å². The van der Waals surface area contributed by atoms with Crippen LogP contribution in [0.15, 0.2) is 48.7 Å². The zero-order valence-corrected chi connectivity index (χ0v) is 12.9. The molecule has 0 saturated carbocycles. The number of nitrogens with one attached hydrogen (secondary N) is 2. The molecule has 0 radical (unpaired) electrons. The minimum absolute atomic E-state index is 0.830. The van der Waals surface area contributed by atoms with E-state index in [1.165, 1.54) is 31.3 Å². The molecule has 3 aromatic rings. The van der Waals surface area contributed by atoms with Gasteiger partial charge in [-0.3, -0.25) is 0 Å². The number of fused-ring (bicyclic) bond motifs is 1. The number of rotatable bonds is 3. The lowest BCUT2D eigenvalue weighted by Crippen LogP contribution is -2.00. The predicted octanol–water partition coefficient (Wildman–Crippen LogP) is 4.69. The molecular formula is C16H15IN2. The van der Waals surface area contributed by atoms with E-state index in [0.29, 0.717) is 0 Å².